The Labute approximate surface area is 169 Å². The fourth-order valence-corrected chi connectivity index (χ4v) is 4.01. The summed E-state index contributed by atoms with van der Waals surface area (Å²) in [5.74, 6) is 2.41. The molecule has 2 aliphatic carbocycles. The molecule has 0 unspecified atom stereocenters. The van der Waals surface area contributed by atoms with Crippen molar-refractivity contribution in [2.45, 2.75) is 90.2 Å². The van der Waals surface area contributed by atoms with E-state index in [9.17, 15) is 0 Å². The maximum absolute atomic E-state index is 6.55. The van der Waals surface area contributed by atoms with Gasteiger partial charge in [0, 0.05) is 19.0 Å². The summed E-state index contributed by atoms with van der Waals surface area (Å²) in [6, 6.07) is 4.24. The van der Waals surface area contributed by atoms with Gasteiger partial charge in [0.15, 0.2) is 5.88 Å². The molecule has 2 aliphatic rings. The molecular formula is C23H34ClNO2. The van der Waals surface area contributed by atoms with E-state index in [-0.39, 0.29) is 0 Å². The zero-order valence-electron chi connectivity index (χ0n) is 17.3. The number of nitrogens with zero attached hydrogens (tertiary/aromatic N) is 1. The van der Waals surface area contributed by atoms with Crippen molar-refractivity contribution < 1.29 is 9.47 Å². The van der Waals surface area contributed by atoms with Gasteiger partial charge in [-0.05, 0) is 81.6 Å². The summed E-state index contributed by atoms with van der Waals surface area (Å²) in [6.07, 6.45) is 10.2. The summed E-state index contributed by atoms with van der Waals surface area (Å²) in [4.78, 5) is 2.21. The summed E-state index contributed by atoms with van der Waals surface area (Å²) < 4.78 is 12.6. The van der Waals surface area contributed by atoms with Crippen LogP contribution in [0.1, 0.15) is 76.3 Å². The molecule has 3 rings (SSSR count). The third kappa shape index (κ3) is 5.13. The standard InChI is InChI=1S/C23H34ClNO2/c1-5-16(2)23(27-19-9-7-6-8-10-19)25(4)22-14-21(26-20-11-12-20)13-18(15-24)17(22)3/h13-14,19-20H,5-12,15H2,1-4H3/b23-16-. The number of anilines is 1. The van der Waals surface area contributed by atoms with Crippen molar-refractivity contribution in [1.29, 1.82) is 0 Å². The lowest BCUT2D eigenvalue weighted by Crippen LogP contribution is -2.27. The highest BCUT2D eigenvalue weighted by Crippen LogP contribution is 2.36. The molecule has 0 saturated heterocycles. The van der Waals surface area contributed by atoms with E-state index in [0.29, 0.717) is 18.1 Å². The van der Waals surface area contributed by atoms with E-state index in [1.165, 1.54) is 30.4 Å². The molecule has 2 saturated carbocycles. The largest absolute Gasteiger partial charge is 0.490 e. The average molecular weight is 392 g/mol. The van der Waals surface area contributed by atoms with Crippen molar-refractivity contribution in [3.05, 3.63) is 34.7 Å². The van der Waals surface area contributed by atoms with E-state index >= 15 is 0 Å². The van der Waals surface area contributed by atoms with Gasteiger partial charge in [-0.25, -0.2) is 0 Å². The summed E-state index contributed by atoms with van der Waals surface area (Å²) >= 11 is 6.24. The number of ether oxygens (including phenoxy) is 2. The van der Waals surface area contributed by atoms with Gasteiger partial charge < -0.3 is 14.4 Å². The number of hydrogen-bond acceptors (Lipinski definition) is 3. The van der Waals surface area contributed by atoms with Crippen LogP contribution in [0.5, 0.6) is 5.75 Å². The van der Waals surface area contributed by atoms with Crippen LogP contribution >= 0.6 is 11.6 Å². The molecule has 2 fully saturated rings. The predicted molar refractivity (Wildman–Crippen MR) is 114 cm³/mol. The third-order valence-corrected chi connectivity index (χ3v) is 6.11. The second-order valence-electron chi connectivity index (χ2n) is 8.05. The highest BCUT2D eigenvalue weighted by molar-refractivity contribution is 6.17. The Hall–Kier alpha value is -1.35. The minimum Gasteiger partial charge on any atom is -0.490 e. The maximum atomic E-state index is 6.55. The summed E-state index contributed by atoms with van der Waals surface area (Å²) in [5, 5.41) is 0. The summed E-state index contributed by atoms with van der Waals surface area (Å²) in [5.41, 5.74) is 4.73. The molecule has 0 bridgehead atoms. The molecule has 4 heteroatoms. The minimum atomic E-state index is 0.330. The van der Waals surface area contributed by atoms with Crippen molar-refractivity contribution in [3.63, 3.8) is 0 Å². The highest BCUT2D eigenvalue weighted by Gasteiger charge is 2.26. The van der Waals surface area contributed by atoms with Crippen molar-refractivity contribution >= 4 is 17.3 Å². The third-order valence-electron chi connectivity index (χ3n) is 5.82. The van der Waals surface area contributed by atoms with E-state index in [1.807, 2.05) is 0 Å². The second kappa shape index (κ2) is 9.23. The molecule has 1 aromatic rings. The molecule has 0 heterocycles. The van der Waals surface area contributed by atoms with E-state index in [4.69, 9.17) is 21.1 Å². The zero-order chi connectivity index (χ0) is 19.4. The van der Waals surface area contributed by atoms with E-state index in [2.05, 4.69) is 44.9 Å². The van der Waals surface area contributed by atoms with Crippen LogP contribution in [0.2, 0.25) is 0 Å². The van der Waals surface area contributed by atoms with Gasteiger partial charge >= 0.3 is 0 Å². The van der Waals surface area contributed by atoms with Crippen LogP contribution in [0.3, 0.4) is 0 Å². The number of benzene rings is 1. The van der Waals surface area contributed by atoms with Crippen molar-refractivity contribution in [1.82, 2.24) is 0 Å². The number of halogens is 1. The van der Waals surface area contributed by atoms with Gasteiger partial charge in [0.1, 0.15) is 11.9 Å². The molecule has 0 N–H and O–H groups in total. The quantitative estimate of drug-likeness (QED) is 0.363. The van der Waals surface area contributed by atoms with Gasteiger partial charge in [-0.15, -0.1) is 11.6 Å². The molecule has 0 aromatic heterocycles. The molecule has 0 aliphatic heterocycles. The topological polar surface area (TPSA) is 21.7 Å². The van der Waals surface area contributed by atoms with E-state index in [1.54, 1.807) is 0 Å². The Morgan fingerprint density at radius 1 is 1.11 bits per heavy atom. The Balaban J connectivity index is 1.90. The van der Waals surface area contributed by atoms with Gasteiger partial charge in [0.05, 0.1) is 11.8 Å². The summed E-state index contributed by atoms with van der Waals surface area (Å²) in [6.45, 7) is 6.51. The number of rotatable bonds is 8. The zero-order valence-corrected chi connectivity index (χ0v) is 18.1. The predicted octanol–water partition coefficient (Wildman–Crippen LogP) is 6.70. The van der Waals surface area contributed by atoms with Crippen LogP contribution in [0.4, 0.5) is 5.69 Å². The molecule has 0 atom stereocenters. The van der Waals surface area contributed by atoms with Gasteiger partial charge in [0.25, 0.3) is 0 Å². The lowest BCUT2D eigenvalue weighted by Gasteiger charge is -2.32. The molecule has 0 amide bonds. The first-order valence-electron chi connectivity index (χ1n) is 10.5. The van der Waals surface area contributed by atoms with Crippen LogP contribution in [-0.4, -0.2) is 19.3 Å². The van der Waals surface area contributed by atoms with Crippen molar-refractivity contribution in [2.75, 3.05) is 11.9 Å². The van der Waals surface area contributed by atoms with Crippen LogP contribution in [0, 0.1) is 6.92 Å². The Morgan fingerprint density at radius 2 is 1.81 bits per heavy atom. The second-order valence-corrected chi connectivity index (χ2v) is 8.32. The van der Waals surface area contributed by atoms with Gasteiger partial charge in [-0.1, -0.05) is 13.3 Å². The first-order chi connectivity index (χ1) is 13.0. The Bertz CT molecular complexity index is 675. The molecule has 150 valence electrons. The van der Waals surface area contributed by atoms with Gasteiger partial charge in [-0.2, -0.15) is 0 Å². The van der Waals surface area contributed by atoms with Crippen molar-refractivity contribution in [3.8, 4) is 5.75 Å². The van der Waals surface area contributed by atoms with Crippen LogP contribution < -0.4 is 9.64 Å². The lowest BCUT2D eigenvalue weighted by molar-refractivity contribution is 0.0769. The van der Waals surface area contributed by atoms with E-state index < -0.39 is 0 Å². The Kier molecular flexibility index (Phi) is 6.97. The molecule has 0 spiro atoms. The lowest BCUT2D eigenvalue weighted by atomic mass is 9.98. The molecule has 1 aromatic carbocycles. The van der Waals surface area contributed by atoms with Crippen LogP contribution in [0.15, 0.2) is 23.6 Å². The van der Waals surface area contributed by atoms with Gasteiger partial charge in [0.2, 0.25) is 0 Å². The fraction of sp³-hybridized carbons (Fsp3) is 0.652. The highest BCUT2D eigenvalue weighted by atomic mass is 35.5. The number of alkyl halides is 1. The maximum Gasteiger partial charge on any atom is 0.192 e. The molecular weight excluding hydrogens is 358 g/mol. The first kappa shape index (κ1) is 20.4. The Morgan fingerprint density at radius 3 is 2.41 bits per heavy atom. The van der Waals surface area contributed by atoms with E-state index in [0.717, 1.165) is 55.0 Å². The fourth-order valence-electron chi connectivity index (χ4n) is 3.73. The monoisotopic (exact) mass is 391 g/mol. The van der Waals surface area contributed by atoms with Crippen LogP contribution in [-0.2, 0) is 10.6 Å². The number of allylic oxidation sites excluding steroid dienone is 1. The van der Waals surface area contributed by atoms with Crippen molar-refractivity contribution in [2.24, 2.45) is 0 Å². The summed E-state index contributed by atoms with van der Waals surface area (Å²) in [7, 11) is 2.11. The smallest absolute Gasteiger partial charge is 0.192 e. The first-order valence-corrected chi connectivity index (χ1v) is 11.0. The normalized spacial score (nSPS) is 18.9. The van der Waals surface area contributed by atoms with Gasteiger partial charge in [-0.3, -0.25) is 0 Å². The molecule has 0 radical (unpaired) electrons. The molecule has 3 nitrogen and oxygen atoms in total. The van der Waals surface area contributed by atoms with Crippen LogP contribution in [0.25, 0.3) is 0 Å². The minimum absolute atomic E-state index is 0.330. The average Bonchev–Trinajstić information content (AvgIpc) is 3.51. The number of hydrogen-bond donors (Lipinski definition) is 0. The SMILES string of the molecule is CC/C(C)=C(\OC1CCCCC1)N(C)c1cc(OC2CC2)cc(CCl)c1C. The molecule has 27 heavy (non-hydrogen) atoms.